The van der Waals surface area contributed by atoms with E-state index in [0.717, 1.165) is 24.9 Å². The van der Waals surface area contributed by atoms with Gasteiger partial charge in [0.05, 0.1) is 6.54 Å². The van der Waals surface area contributed by atoms with Crippen molar-refractivity contribution in [1.82, 2.24) is 15.5 Å². The Hall–Kier alpha value is -1.10. The highest BCUT2D eigenvalue weighted by Crippen LogP contribution is 2.27. The maximum absolute atomic E-state index is 5.73. The zero-order valence-corrected chi connectivity index (χ0v) is 12.7. The van der Waals surface area contributed by atoms with Crippen molar-refractivity contribution >= 4 is 6.01 Å². The smallest absolute Gasteiger partial charge is 0.318 e. The predicted octanol–water partition coefficient (Wildman–Crippen LogP) is 2.44. The topological polar surface area (TPSA) is 54.2 Å². The van der Waals surface area contributed by atoms with Gasteiger partial charge in [-0.3, -0.25) is 0 Å². The molecule has 1 atom stereocenters. The lowest BCUT2D eigenvalue weighted by molar-refractivity contribution is 0.380. The highest BCUT2D eigenvalue weighted by Gasteiger charge is 2.28. The third kappa shape index (κ3) is 3.93. The van der Waals surface area contributed by atoms with E-state index in [4.69, 9.17) is 4.42 Å². The van der Waals surface area contributed by atoms with Crippen LogP contribution in [0.2, 0.25) is 0 Å². The van der Waals surface area contributed by atoms with Crippen molar-refractivity contribution in [3.05, 3.63) is 5.89 Å². The fourth-order valence-electron chi connectivity index (χ4n) is 2.29. The van der Waals surface area contributed by atoms with Crippen molar-refractivity contribution in [3.8, 4) is 0 Å². The van der Waals surface area contributed by atoms with Crippen molar-refractivity contribution in [2.45, 2.75) is 53.1 Å². The molecule has 0 radical (unpaired) electrons. The van der Waals surface area contributed by atoms with E-state index in [-0.39, 0.29) is 5.54 Å². The van der Waals surface area contributed by atoms with Crippen LogP contribution in [0.1, 0.15) is 46.9 Å². The van der Waals surface area contributed by atoms with Crippen LogP contribution in [-0.2, 0) is 6.54 Å². The summed E-state index contributed by atoms with van der Waals surface area (Å²) in [5.41, 5.74) is 0.0605. The van der Waals surface area contributed by atoms with Gasteiger partial charge in [0.2, 0.25) is 5.89 Å². The van der Waals surface area contributed by atoms with E-state index < -0.39 is 0 Å². The molecular weight excluding hydrogens is 240 g/mol. The molecular formula is C14H26N4O. The van der Waals surface area contributed by atoms with Crippen molar-refractivity contribution in [3.63, 3.8) is 0 Å². The number of hydrogen-bond donors (Lipinski definition) is 1. The molecule has 0 aromatic carbocycles. The van der Waals surface area contributed by atoms with Gasteiger partial charge in [0.15, 0.2) is 0 Å². The monoisotopic (exact) mass is 266 g/mol. The zero-order valence-electron chi connectivity index (χ0n) is 12.7. The summed E-state index contributed by atoms with van der Waals surface area (Å²) in [7, 11) is 0. The van der Waals surface area contributed by atoms with Gasteiger partial charge in [0.25, 0.3) is 0 Å². The van der Waals surface area contributed by atoms with E-state index >= 15 is 0 Å². The Morgan fingerprint density at radius 1 is 1.37 bits per heavy atom. The molecule has 5 heteroatoms. The average Bonchev–Trinajstić information content (AvgIpc) is 2.94. The fraction of sp³-hybridized carbons (Fsp3) is 0.857. The van der Waals surface area contributed by atoms with Gasteiger partial charge in [0.1, 0.15) is 0 Å². The Kier molecular flexibility index (Phi) is 4.13. The molecule has 0 amide bonds. The third-order valence-electron chi connectivity index (χ3n) is 3.66. The molecule has 0 saturated carbocycles. The number of anilines is 1. The Morgan fingerprint density at radius 3 is 2.68 bits per heavy atom. The Bertz CT molecular complexity index is 408. The number of nitrogens with one attached hydrogen (secondary N) is 1. The molecule has 0 bridgehead atoms. The summed E-state index contributed by atoms with van der Waals surface area (Å²) in [5.74, 6) is 2.12. The van der Waals surface area contributed by atoms with E-state index in [9.17, 15) is 0 Å². The number of rotatable bonds is 4. The zero-order chi connectivity index (χ0) is 14.0. The molecule has 1 fully saturated rings. The van der Waals surface area contributed by atoms with E-state index in [1.165, 1.54) is 6.42 Å². The number of nitrogens with zero attached hydrogens (tertiary/aromatic N) is 3. The molecule has 2 rings (SSSR count). The van der Waals surface area contributed by atoms with Crippen LogP contribution in [0.25, 0.3) is 0 Å². The van der Waals surface area contributed by atoms with E-state index in [1.807, 2.05) is 0 Å². The molecule has 1 aromatic rings. The Morgan fingerprint density at radius 2 is 2.11 bits per heavy atom. The molecule has 1 aliphatic rings. The van der Waals surface area contributed by atoms with Gasteiger partial charge in [-0.05, 0) is 39.0 Å². The predicted molar refractivity (Wildman–Crippen MR) is 76.0 cm³/mol. The molecule has 2 heterocycles. The van der Waals surface area contributed by atoms with Crippen LogP contribution >= 0.6 is 0 Å². The highest BCUT2D eigenvalue weighted by atomic mass is 16.4. The molecule has 1 aromatic heterocycles. The summed E-state index contributed by atoms with van der Waals surface area (Å²) in [6.45, 7) is 13.6. The second-order valence-corrected chi connectivity index (χ2v) is 6.82. The van der Waals surface area contributed by atoms with Crippen molar-refractivity contribution < 1.29 is 4.42 Å². The van der Waals surface area contributed by atoms with E-state index in [1.54, 1.807) is 0 Å². The van der Waals surface area contributed by atoms with Crippen LogP contribution in [0.3, 0.4) is 0 Å². The Labute approximate surface area is 115 Å². The highest BCUT2D eigenvalue weighted by molar-refractivity contribution is 5.26. The standard InChI is InChI=1S/C14H26N4O/c1-10(2)11-6-7-18(9-11)13-17-16-12(19-13)8-15-14(3,4)5/h10-11,15H,6-9H2,1-5H3. The summed E-state index contributed by atoms with van der Waals surface area (Å²) in [5, 5.41) is 11.6. The first kappa shape index (κ1) is 14.3. The molecule has 5 nitrogen and oxygen atoms in total. The van der Waals surface area contributed by atoms with Gasteiger partial charge < -0.3 is 14.6 Å². The molecule has 0 spiro atoms. The molecule has 1 N–H and O–H groups in total. The molecule has 1 aliphatic heterocycles. The van der Waals surface area contributed by atoms with Crippen LogP contribution in [0.4, 0.5) is 6.01 Å². The van der Waals surface area contributed by atoms with E-state index in [2.05, 4.69) is 55.0 Å². The molecule has 1 unspecified atom stereocenters. The van der Waals surface area contributed by atoms with E-state index in [0.29, 0.717) is 18.5 Å². The van der Waals surface area contributed by atoms with Gasteiger partial charge in [0, 0.05) is 18.6 Å². The largest absolute Gasteiger partial charge is 0.407 e. The minimum Gasteiger partial charge on any atom is -0.407 e. The van der Waals surface area contributed by atoms with Gasteiger partial charge in [-0.15, -0.1) is 5.10 Å². The second kappa shape index (κ2) is 5.49. The lowest BCUT2D eigenvalue weighted by atomic mass is 9.95. The number of aromatic nitrogens is 2. The summed E-state index contributed by atoms with van der Waals surface area (Å²) in [4.78, 5) is 2.21. The molecule has 19 heavy (non-hydrogen) atoms. The average molecular weight is 266 g/mol. The summed E-state index contributed by atoms with van der Waals surface area (Å²) >= 11 is 0. The molecule has 108 valence electrons. The molecule has 0 aliphatic carbocycles. The van der Waals surface area contributed by atoms with Gasteiger partial charge in [-0.25, -0.2) is 0 Å². The first-order chi connectivity index (χ1) is 8.85. The van der Waals surface area contributed by atoms with Crippen LogP contribution in [-0.4, -0.2) is 28.8 Å². The summed E-state index contributed by atoms with van der Waals surface area (Å²) in [6, 6.07) is 0.675. The lowest BCUT2D eigenvalue weighted by Gasteiger charge is -2.19. The van der Waals surface area contributed by atoms with Crippen LogP contribution in [0, 0.1) is 11.8 Å². The minimum absolute atomic E-state index is 0.0605. The minimum atomic E-state index is 0.0605. The quantitative estimate of drug-likeness (QED) is 0.907. The van der Waals surface area contributed by atoms with Crippen molar-refractivity contribution in [1.29, 1.82) is 0 Å². The van der Waals surface area contributed by atoms with Crippen molar-refractivity contribution in [2.24, 2.45) is 11.8 Å². The summed E-state index contributed by atoms with van der Waals surface area (Å²) in [6.07, 6.45) is 1.22. The first-order valence-electron chi connectivity index (χ1n) is 7.17. The lowest BCUT2D eigenvalue weighted by Crippen LogP contribution is -2.35. The van der Waals surface area contributed by atoms with Gasteiger partial charge in [-0.1, -0.05) is 18.9 Å². The third-order valence-corrected chi connectivity index (χ3v) is 3.66. The SMILES string of the molecule is CC(C)C1CCN(c2nnc(CNC(C)(C)C)o2)C1. The molecule has 1 saturated heterocycles. The van der Waals surface area contributed by atoms with Crippen LogP contribution in [0.5, 0.6) is 0 Å². The number of hydrogen-bond acceptors (Lipinski definition) is 5. The van der Waals surface area contributed by atoms with Crippen LogP contribution in [0.15, 0.2) is 4.42 Å². The second-order valence-electron chi connectivity index (χ2n) is 6.82. The van der Waals surface area contributed by atoms with Crippen molar-refractivity contribution in [2.75, 3.05) is 18.0 Å². The fourth-order valence-corrected chi connectivity index (χ4v) is 2.29. The Balaban J connectivity index is 1.91. The van der Waals surface area contributed by atoms with Crippen LogP contribution < -0.4 is 10.2 Å². The maximum Gasteiger partial charge on any atom is 0.318 e. The van der Waals surface area contributed by atoms with Gasteiger partial charge in [-0.2, -0.15) is 0 Å². The normalized spacial score (nSPS) is 20.5. The maximum atomic E-state index is 5.73. The summed E-state index contributed by atoms with van der Waals surface area (Å²) < 4.78 is 5.73. The first-order valence-corrected chi connectivity index (χ1v) is 7.17. The van der Waals surface area contributed by atoms with Gasteiger partial charge >= 0.3 is 6.01 Å².